The van der Waals surface area contributed by atoms with Crippen molar-refractivity contribution in [2.24, 2.45) is 5.92 Å². The zero-order chi connectivity index (χ0) is 19.2. The van der Waals surface area contributed by atoms with Crippen LogP contribution in [-0.2, 0) is 5.72 Å². The highest BCUT2D eigenvalue weighted by Crippen LogP contribution is 2.55. The van der Waals surface area contributed by atoms with Crippen LogP contribution in [-0.4, -0.2) is 33.9 Å². The van der Waals surface area contributed by atoms with Gasteiger partial charge in [0.15, 0.2) is 5.72 Å². The van der Waals surface area contributed by atoms with Crippen molar-refractivity contribution in [2.75, 3.05) is 4.90 Å². The second kappa shape index (κ2) is 5.37. The van der Waals surface area contributed by atoms with Crippen LogP contribution in [0.5, 0.6) is 0 Å². The van der Waals surface area contributed by atoms with Crippen molar-refractivity contribution >= 4 is 29.1 Å². The number of fused-ring (bicyclic) bond motifs is 9. The second-order valence-electron chi connectivity index (χ2n) is 8.30. The van der Waals surface area contributed by atoms with Crippen LogP contribution < -0.4 is 4.90 Å². The van der Waals surface area contributed by atoms with Gasteiger partial charge in [-0.25, -0.2) is 0 Å². The summed E-state index contributed by atoms with van der Waals surface area (Å²) in [4.78, 5) is 30.3. The van der Waals surface area contributed by atoms with Crippen LogP contribution in [0.1, 0.15) is 52.0 Å². The van der Waals surface area contributed by atoms with E-state index in [2.05, 4.69) is 0 Å². The van der Waals surface area contributed by atoms with E-state index in [1.165, 1.54) is 4.90 Å². The van der Waals surface area contributed by atoms with Crippen molar-refractivity contribution in [1.82, 2.24) is 4.90 Å². The first-order valence-electron chi connectivity index (χ1n) is 9.80. The first-order chi connectivity index (χ1) is 13.5. The molecule has 3 heterocycles. The van der Waals surface area contributed by atoms with Crippen molar-refractivity contribution in [3.8, 4) is 0 Å². The van der Waals surface area contributed by atoms with Gasteiger partial charge in [0, 0.05) is 22.2 Å². The van der Waals surface area contributed by atoms with Crippen molar-refractivity contribution in [3.63, 3.8) is 0 Å². The standard InChI is InChI=1S/C22H19ClN2O3/c23-13-8-9-18-15(11-13)20(26)24-17-7-3-4-12(17)10-19(24)22(28)16-6-2-1-5-14(16)21(27)25(18)22/h1-2,5-6,8-9,11-12,17,19,28H,3-4,7,10H2/t12-,17-,19+,22+/m1/s1. The van der Waals surface area contributed by atoms with Gasteiger partial charge in [0.2, 0.25) is 0 Å². The van der Waals surface area contributed by atoms with Gasteiger partial charge in [-0.3, -0.25) is 14.5 Å². The predicted molar refractivity (Wildman–Crippen MR) is 104 cm³/mol. The van der Waals surface area contributed by atoms with E-state index in [-0.39, 0.29) is 17.9 Å². The molecule has 0 aromatic heterocycles. The minimum Gasteiger partial charge on any atom is -0.365 e. The molecular weight excluding hydrogens is 376 g/mol. The number of carbonyl (C=O) groups is 2. The number of amides is 2. The maximum Gasteiger partial charge on any atom is 0.261 e. The minimum absolute atomic E-state index is 0.108. The van der Waals surface area contributed by atoms with Crippen molar-refractivity contribution < 1.29 is 14.7 Å². The fraction of sp³-hybridized carbons (Fsp3) is 0.364. The fourth-order valence-corrected chi connectivity index (χ4v) is 6.13. The molecule has 4 atom stereocenters. The Balaban J connectivity index is 1.67. The van der Waals surface area contributed by atoms with E-state index in [1.54, 1.807) is 24.3 Å². The lowest BCUT2D eigenvalue weighted by atomic mass is 9.90. The van der Waals surface area contributed by atoms with Crippen LogP contribution >= 0.6 is 11.6 Å². The lowest BCUT2D eigenvalue weighted by Gasteiger charge is -2.41. The third-order valence-electron chi connectivity index (χ3n) is 7.06. The summed E-state index contributed by atoms with van der Waals surface area (Å²) >= 11 is 6.22. The maximum absolute atomic E-state index is 13.6. The molecule has 1 saturated carbocycles. The number of benzene rings is 2. The first kappa shape index (κ1) is 16.6. The molecule has 0 unspecified atom stereocenters. The summed E-state index contributed by atoms with van der Waals surface area (Å²) < 4.78 is 0. The quantitative estimate of drug-likeness (QED) is 0.743. The average molecular weight is 395 g/mol. The summed E-state index contributed by atoms with van der Waals surface area (Å²) in [5.41, 5.74) is 0.347. The first-order valence-corrected chi connectivity index (χ1v) is 10.2. The van der Waals surface area contributed by atoms with E-state index in [1.807, 2.05) is 23.1 Å². The Bertz CT molecular complexity index is 1050. The molecule has 1 aliphatic carbocycles. The largest absolute Gasteiger partial charge is 0.365 e. The third-order valence-corrected chi connectivity index (χ3v) is 7.30. The number of aliphatic hydroxyl groups is 1. The van der Waals surface area contributed by atoms with E-state index >= 15 is 0 Å². The molecule has 142 valence electrons. The molecule has 5 nitrogen and oxygen atoms in total. The highest BCUT2D eigenvalue weighted by atomic mass is 35.5. The lowest BCUT2D eigenvalue weighted by Crippen LogP contribution is -2.57. The van der Waals surface area contributed by atoms with Crippen LogP contribution in [0.3, 0.4) is 0 Å². The Kier molecular flexibility index (Phi) is 3.18. The molecule has 3 aliphatic heterocycles. The van der Waals surface area contributed by atoms with Gasteiger partial charge >= 0.3 is 0 Å². The Morgan fingerprint density at radius 2 is 1.86 bits per heavy atom. The van der Waals surface area contributed by atoms with Gasteiger partial charge < -0.3 is 10.0 Å². The molecular formula is C22H19ClN2O3. The van der Waals surface area contributed by atoms with E-state index < -0.39 is 11.8 Å². The Morgan fingerprint density at radius 1 is 1.04 bits per heavy atom. The lowest BCUT2D eigenvalue weighted by molar-refractivity contribution is -0.0295. The molecule has 28 heavy (non-hydrogen) atoms. The van der Waals surface area contributed by atoms with Crippen molar-refractivity contribution in [3.05, 3.63) is 64.2 Å². The molecule has 1 saturated heterocycles. The fourth-order valence-electron chi connectivity index (χ4n) is 5.96. The molecule has 2 amide bonds. The Morgan fingerprint density at radius 3 is 2.71 bits per heavy atom. The highest BCUT2D eigenvalue weighted by molar-refractivity contribution is 6.31. The van der Waals surface area contributed by atoms with Gasteiger partial charge in [-0.15, -0.1) is 0 Å². The summed E-state index contributed by atoms with van der Waals surface area (Å²) in [7, 11) is 0. The van der Waals surface area contributed by atoms with Crippen molar-refractivity contribution in [1.29, 1.82) is 0 Å². The summed E-state index contributed by atoms with van der Waals surface area (Å²) in [5, 5.41) is 12.6. The number of carbonyl (C=O) groups excluding carboxylic acids is 2. The average Bonchev–Trinajstić information content (AvgIpc) is 3.33. The number of anilines is 1. The van der Waals surface area contributed by atoms with Crippen LogP contribution in [0.25, 0.3) is 0 Å². The highest BCUT2D eigenvalue weighted by Gasteiger charge is 2.63. The number of hydrogen-bond acceptors (Lipinski definition) is 3. The number of hydrogen-bond donors (Lipinski definition) is 1. The van der Waals surface area contributed by atoms with Gasteiger partial charge in [0.25, 0.3) is 11.8 Å². The predicted octanol–water partition coefficient (Wildman–Crippen LogP) is 3.54. The third kappa shape index (κ3) is 1.82. The van der Waals surface area contributed by atoms with Crippen LogP contribution in [0.4, 0.5) is 5.69 Å². The van der Waals surface area contributed by atoms with E-state index in [4.69, 9.17) is 11.6 Å². The molecule has 6 rings (SSSR count). The summed E-state index contributed by atoms with van der Waals surface area (Å²) in [5.74, 6) is -0.0400. The van der Waals surface area contributed by atoms with E-state index in [0.717, 1.165) is 19.3 Å². The number of halogens is 1. The molecule has 0 radical (unpaired) electrons. The molecule has 0 spiro atoms. The second-order valence-corrected chi connectivity index (χ2v) is 8.73. The van der Waals surface area contributed by atoms with Crippen LogP contribution in [0, 0.1) is 5.92 Å². The van der Waals surface area contributed by atoms with Gasteiger partial charge in [-0.1, -0.05) is 36.2 Å². The molecule has 1 N–H and O–H groups in total. The SMILES string of the molecule is O=C1c2cc(Cl)ccc2N2C(=O)c3ccccc3[C@]2(O)[C@@H]2C[C@H]3CCC[C@H]3N12. The number of rotatable bonds is 0. The van der Waals surface area contributed by atoms with Gasteiger partial charge in [-0.2, -0.15) is 0 Å². The Labute approximate surface area is 167 Å². The number of nitrogens with zero attached hydrogens (tertiary/aromatic N) is 2. The zero-order valence-corrected chi connectivity index (χ0v) is 15.9. The van der Waals surface area contributed by atoms with Crippen LogP contribution in [0.15, 0.2) is 42.5 Å². The van der Waals surface area contributed by atoms with E-state index in [9.17, 15) is 14.7 Å². The normalized spacial score (nSPS) is 32.6. The molecule has 2 aromatic carbocycles. The zero-order valence-electron chi connectivity index (χ0n) is 15.1. The molecule has 6 heteroatoms. The summed E-state index contributed by atoms with van der Waals surface area (Å²) in [6.45, 7) is 0. The van der Waals surface area contributed by atoms with Gasteiger partial charge in [0.1, 0.15) is 0 Å². The summed E-state index contributed by atoms with van der Waals surface area (Å²) in [6, 6.07) is 11.8. The van der Waals surface area contributed by atoms with E-state index in [0.29, 0.717) is 39.7 Å². The molecule has 2 fully saturated rings. The maximum atomic E-state index is 13.6. The van der Waals surface area contributed by atoms with Crippen molar-refractivity contribution in [2.45, 2.75) is 43.5 Å². The molecule has 2 aromatic rings. The van der Waals surface area contributed by atoms with Gasteiger partial charge in [0.05, 0.1) is 17.3 Å². The minimum atomic E-state index is -1.56. The molecule has 4 aliphatic rings. The van der Waals surface area contributed by atoms with Crippen LogP contribution in [0.2, 0.25) is 5.02 Å². The smallest absolute Gasteiger partial charge is 0.261 e. The monoisotopic (exact) mass is 394 g/mol. The summed E-state index contributed by atoms with van der Waals surface area (Å²) in [6.07, 6.45) is 3.78. The van der Waals surface area contributed by atoms with Gasteiger partial charge in [-0.05, 0) is 49.4 Å². The Hall–Kier alpha value is -2.37. The topological polar surface area (TPSA) is 60.9 Å². The molecule has 0 bridgehead atoms.